The molecule has 43 heavy (non-hydrogen) atoms. The van der Waals surface area contributed by atoms with Gasteiger partial charge in [0, 0.05) is 55.6 Å². The molecule has 3 heteroatoms. The molecule has 1 N–H and O–H groups in total. The van der Waals surface area contributed by atoms with E-state index >= 15 is 0 Å². The van der Waals surface area contributed by atoms with Crippen LogP contribution >= 0.6 is 0 Å². The predicted octanol–water partition coefficient (Wildman–Crippen LogP) is 11.4. The van der Waals surface area contributed by atoms with Crippen LogP contribution in [0.2, 0.25) is 0 Å². The first-order chi connectivity index (χ1) is 21.3. The summed E-state index contributed by atoms with van der Waals surface area (Å²) in [6, 6.07) is 60.4. The molecule has 1 aromatic heterocycles. The summed E-state index contributed by atoms with van der Waals surface area (Å²) in [5.74, 6) is 0. The van der Waals surface area contributed by atoms with Crippen LogP contribution in [0.4, 0.5) is 34.1 Å². The first-order valence-electron chi connectivity index (χ1n) is 14.6. The predicted molar refractivity (Wildman–Crippen MR) is 183 cm³/mol. The normalized spacial score (nSPS) is 11.3. The number of fused-ring (bicyclic) bond motifs is 4. The van der Waals surface area contributed by atoms with E-state index in [1.54, 1.807) is 0 Å². The summed E-state index contributed by atoms with van der Waals surface area (Å²) in [5.41, 5.74) is 9.00. The molecule has 3 nitrogen and oxygen atoms in total. The van der Waals surface area contributed by atoms with Gasteiger partial charge in [-0.3, -0.25) is 0 Å². The first kappa shape index (κ1) is 25.0. The molecular weight excluding hydrogens is 522 g/mol. The van der Waals surface area contributed by atoms with Gasteiger partial charge in [0.2, 0.25) is 0 Å². The van der Waals surface area contributed by atoms with Crippen LogP contribution in [0, 0.1) is 0 Å². The Morgan fingerprint density at radius 1 is 0.326 bits per heavy atom. The van der Waals surface area contributed by atoms with Crippen LogP contribution in [0.3, 0.4) is 0 Å². The molecule has 0 aliphatic heterocycles. The summed E-state index contributed by atoms with van der Waals surface area (Å²) >= 11 is 0. The van der Waals surface area contributed by atoms with E-state index in [1.807, 2.05) is 0 Å². The van der Waals surface area contributed by atoms with Gasteiger partial charge < -0.3 is 14.8 Å². The third-order valence-electron chi connectivity index (χ3n) is 8.15. The highest BCUT2D eigenvalue weighted by atomic mass is 15.2. The Kier molecular flexibility index (Phi) is 6.12. The molecule has 0 amide bonds. The van der Waals surface area contributed by atoms with Gasteiger partial charge in [0.1, 0.15) is 0 Å². The lowest BCUT2D eigenvalue weighted by molar-refractivity contribution is 1.26. The topological polar surface area (TPSA) is 22.3 Å². The van der Waals surface area contributed by atoms with Crippen molar-refractivity contribution >= 4 is 66.7 Å². The third kappa shape index (κ3) is 4.48. The highest BCUT2D eigenvalue weighted by Gasteiger charge is 2.18. The van der Waals surface area contributed by atoms with Crippen LogP contribution < -0.4 is 9.80 Å². The quantitative estimate of drug-likeness (QED) is 0.222. The number of para-hydroxylation sites is 3. The number of nitrogens with zero attached hydrogens (tertiary/aromatic N) is 2. The Hall–Kier alpha value is -5.80. The molecule has 0 spiro atoms. The van der Waals surface area contributed by atoms with Gasteiger partial charge in [0.05, 0.1) is 5.69 Å². The number of hydrogen-bond acceptors (Lipinski definition) is 2. The summed E-state index contributed by atoms with van der Waals surface area (Å²) < 4.78 is 0. The van der Waals surface area contributed by atoms with Crippen molar-refractivity contribution in [3.63, 3.8) is 0 Å². The fourth-order valence-corrected chi connectivity index (χ4v) is 6.16. The second-order valence-corrected chi connectivity index (χ2v) is 10.8. The van der Waals surface area contributed by atoms with Gasteiger partial charge in [-0.05, 0) is 84.2 Å². The Morgan fingerprint density at radius 3 is 1.56 bits per heavy atom. The van der Waals surface area contributed by atoms with Gasteiger partial charge >= 0.3 is 0 Å². The van der Waals surface area contributed by atoms with E-state index in [1.165, 1.54) is 21.5 Å². The summed E-state index contributed by atoms with van der Waals surface area (Å²) in [7, 11) is 0. The molecule has 0 saturated carbocycles. The van der Waals surface area contributed by atoms with Crippen molar-refractivity contribution in [1.29, 1.82) is 0 Å². The number of hydrogen-bond donors (Lipinski definition) is 1. The molecule has 0 aliphatic carbocycles. The molecule has 8 aromatic rings. The van der Waals surface area contributed by atoms with Gasteiger partial charge in [-0.25, -0.2) is 0 Å². The number of aromatic amines is 1. The van der Waals surface area contributed by atoms with Crippen molar-refractivity contribution in [2.75, 3.05) is 9.80 Å². The molecule has 0 unspecified atom stereocenters. The largest absolute Gasteiger partial charge is 0.355 e. The lowest BCUT2D eigenvalue weighted by Crippen LogP contribution is -2.12. The Morgan fingerprint density at radius 2 is 0.837 bits per heavy atom. The standard InChI is InChI=1S/C40H29N3/c1-3-14-30(15-4-1)42(31-16-5-2-6-17-31)32-22-24-33(25-23-32)43(40-21-11-13-29-12-7-8-18-35(29)40)34-26-27-39-37(28-34)36-19-9-10-20-38(36)41-39/h1-28,41H. The van der Waals surface area contributed by atoms with Crippen molar-refractivity contribution in [1.82, 2.24) is 4.98 Å². The van der Waals surface area contributed by atoms with E-state index in [4.69, 9.17) is 0 Å². The van der Waals surface area contributed by atoms with E-state index < -0.39 is 0 Å². The Labute approximate surface area is 250 Å². The summed E-state index contributed by atoms with van der Waals surface area (Å²) in [6.07, 6.45) is 0. The zero-order valence-electron chi connectivity index (χ0n) is 23.6. The number of H-pyrrole nitrogens is 1. The third-order valence-corrected chi connectivity index (χ3v) is 8.15. The number of aromatic nitrogens is 1. The Bertz CT molecular complexity index is 2140. The van der Waals surface area contributed by atoms with Crippen molar-refractivity contribution in [3.8, 4) is 0 Å². The minimum Gasteiger partial charge on any atom is -0.355 e. The van der Waals surface area contributed by atoms with E-state index in [0.717, 1.165) is 45.2 Å². The molecule has 0 atom stereocenters. The highest BCUT2D eigenvalue weighted by molar-refractivity contribution is 6.09. The fourth-order valence-electron chi connectivity index (χ4n) is 6.16. The zero-order chi connectivity index (χ0) is 28.6. The van der Waals surface area contributed by atoms with Crippen LogP contribution in [0.25, 0.3) is 32.6 Å². The maximum Gasteiger partial charge on any atom is 0.0540 e. The number of nitrogens with one attached hydrogen (secondary N) is 1. The smallest absolute Gasteiger partial charge is 0.0540 e. The van der Waals surface area contributed by atoms with Crippen molar-refractivity contribution in [2.45, 2.75) is 0 Å². The lowest BCUT2D eigenvalue weighted by atomic mass is 10.1. The summed E-state index contributed by atoms with van der Waals surface area (Å²) in [4.78, 5) is 8.25. The number of benzene rings is 7. The van der Waals surface area contributed by atoms with E-state index in [-0.39, 0.29) is 0 Å². The van der Waals surface area contributed by atoms with Crippen LogP contribution in [-0.2, 0) is 0 Å². The fraction of sp³-hybridized carbons (Fsp3) is 0. The van der Waals surface area contributed by atoms with Gasteiger partial charge in [0.15, 0.2) is 0 Å². The van der Waals surface area contributed by atoms with Crippen molar-refractivity contribution < 1.29 is 0 Å². The Balaban J connectivity index is 1.30. The van der Waals surface area contributed by atoms with Crippen LogP contribution in [0.1, 0.15) is 0 Å². The number of rotatable bonds is 6. The molecule has 0 aliphatic rings. The molecule has 0 fully saturated rings. The molecule has 0 radical (unpaired) electrons. The molecule has 1 heterocycles. The second kappa shape index (κ2) is 10.6. The van der Waals surface area contributed by atoms with Crippen LogP contribution in [-0.4, -0.2) is 4.98 Å². The average Bonchev–Trinajstić information content (AvgIpc) is 3.45. The molecule has 0 bridgehead atoms. The molecule has 204 valence electrons. The van der Waals surface area contributed by atoms with Gasteiger partial charge in [-0.2, -0.15) is 0 Å². The maximum atomic E-state index is 3.58. The van der Waals surface area contributed by atoms with Gasteiger partial charge in [-0.15, -0.1) is 0 Å². The molecule has 0 saturated heterocycles. The van der Waals surface area contributed by atoms with E-state index in [2.05, 4.69) is 185 Å². The van der Waals surface area contributed by atoms with Crippen molar-refractivity contribution in [2.24, 2.45) is 0 Å². The SMILES string of the molecule is c1ccc(N(c2ccccc2)c2ccc(N(c3ccc4[nH]c5ccccc5c4c3)c3cccc4ccccc34)cc2)cc1. The van der Waals surface area contributed by atoms with Crippen LogP contribution in [0.15, 0.2) is 170 Å². The lowest BCUT2D eigenvalue weighted by Gasteiger charge is -2.29. The summed E-state index contributed by atoms with van der Waals surface area (Å²) in [6.45, 7) is 0. The van der Waals surface area contributed by atoms with Crippen LogP contribution in [0.5, 0.6) is 0 Å². The van der Waals surface area contributed by atoms with E-state index in [9.17, 15) is 0 Å². The molecule has 8 rings (SSSR count). The number of anilines is 6. The average molecular weight is 552 g/mol. The second-order valence-electron chi connectivity index (χ2n) is 10.8. The molecular formula is C40H29N3. The van der Waals surface area contributed by atoms with Crippen molar-refractivity contribution in [3.05, 3.63) is 170 Å². The minimum absolute atomic E-state index is 1.10. The summed E-state index contributed by atoms with van der Waals surface area (Å²) in [5, 5.41) is 4.88. The minimum atomic E-state index is 1.10. The highest BCUT2D eigenvalue weighted by Crippen LogP contribution is 2.42. The maximum absolute atomic E-state index is 3.58. The zero-order valence-corrected chi connectivity index (χ0v) is 23.6. The first-order valence-corrected chi connectivity index (χ1v) is 14.6. The monoisotopic (exact) mass is 551 g/mol. The van der Waals surface area contributed by atoms with Gasteiger partial charge in [-0.1, -0.05) is 91.0 Å². The van der Waals surface area contributed by atoms with E-state index in [0.29, 0.717) is 0 Å². The molecule has 7 aromatic carbocycles. The van der Waals surface area contributed by atoms with Gasteiger partial charge in [0.25, 0.3) is 0 Å².